The highest BCUT2D eigenvalue weighted by molar-refractivity contribution is 7.80. The minimum Gasteiger partial charge on any atom is -0.360 e. The molecule has 1 N–H and O–H groups in total. The number of thiocarbonyl (C=S) groups is 1. The van der Waals surface area contributed by atoms with Crippen molar-refractivity contribution in [2.45, 2.75) is 46.1 Å². The van der Waals surface area contributed by atoms with Crippen LogP contribution in [-0.2, 0) is 0 Å². The Morgan fingerprint density at radius 2 is 1.93 bits per heavy atom. The zero-order valence-corrected chi connectivity index (χ0v) is 11.4. The molecule has 15 heavy (non-hydrogen) atoms. The van der Waals surface area contributed by atoms with E-state index in [9.17, 15) is 0 Å². The van der Waals surface area contributed by atoms with Crippen LogP contribution in [0.3, 0.4) is 0 Å². The molecule has 0 saturated heterocycles. The van der Waals surface area contributed by atoms with E-state index in [4.69, 9.17) is 12.2 Å². The Bertz CT molecular complexity index is 236. The first-order valence-corrected chi connectivity index (χ1v) is 6.19. The second-order valence-corrected chi connectivity index (χ2v) is 6.34. The molecule has 0 aromatic rings. The van der Waals surface area contributed by atoms with Crippen LogP contribution in [0, 0.1) is 11.3 Å². The standard InChI is InChI=1S/C12H24N2S/c1-9-6-10(8-12(2,3)7-9)13-11(15)14(4)5/h9-10H,6-8H2,1-5H3,(H,13,15)/t9-,10+/m1/s1. The fraction of sp³-hybridized carbons (Fsp3) is 0.917. The third-order valence-corrected chi connectivity index (χ3v) is 3.60. The summed E-state index contributed by atoms with van der Waals surface area (Å²) in [7, 11) is 3.99. The molecular weight excluding hydrogens is 204 g/mol. The van der Waals surface area contributed by atoms with E-state index < -0.39 is 0 Å². The monoisotopic (exact) mass is 228 g/mol. The molecule has 1 saturated carbocycles. The topological polar surface area (TPSA) is 15.3 Å². The van der Waals surface area contributed by atoms with E-state index >= 15 is 0 Å². The molecule has 0 heterocycles. The Morgan fingerprint density at radius 1 is 1.33 bits per heavy atom. The summed E-state index contributed by atoms with van der Waals surface area (Å²) in [5.74, 6) is 0.802. The third kappa shape index (κ3) is 3.98. The summed E-state index contributed by atoms with van der Waals surface area (Å²) >= 11 is 5.29. The predicted octanol–water partition coefficient (Wildman–Crippen LogP) is 2.64. The van der Waals surface area contributed by atoms with Crippen LogP contribution in [0.2, 0.25) is 0 Å². The van der Waals surface area contributed by atoms with Crippen molar-refractivity contribution in [1.29, 1.82) is 0 Å². The van der Waals surface area contributed by atoms with Crippen molar-refractivity contribution >= 4 is 17.3 Å². The Kier molecular flexibility index (Phi) is 3.99. The van der Waals surface area contributed by atoms with Crippen LogP contribution < -0.4 is 5.32 Å². The fourth-order valence-corrected chi connectivity index (χ4v) is 2.93. The molecule has 1 aliphatic rings. The average Bonchev–Trinajstić information content (AvgIpc) is 1.99. The van der Waals surface area contributed by atoms with E-state index in [-0.39, 0.29) is 0 Å². The Hall–Kier alpha value is -0.310. The van der Waals surface area contributed by atoms with Gasteiger partial charge in [0.2, 0.25) is 0 Å². The Morgan fingerprint density at radius 3 is 2.40 bits per heavy atom. The van der Waals surface area contributed by atoms with E-state index in [0.717, 1.165) is 11.0 Å². The molecule has 2 nitrogen and oxygen atoms in total. The summed E-state index contributed by atoms with van der Waals surface area (Å²) < 4.78 is 0. The molecule has 1 rings (SSSR count). The maximum absolute atomic E-state index is 5.29. The van der Waals surface area contributed by atoms with Gasteiger partial charge in [-0.05, 0) is 42.8 Å². The minimum absolute atomic E-state index is 0.456. The largest absolute Gasteiger partial charge is 0.360 e. The second kappa shape index (κ2) is 4.69. The first-order chi connectivity index (χ1) is 6.80. The van der Waals surface area contributed by atoms with Crippen molar-refractivity contribution in [1.82, 2.24) is 10.2 Å². The van der Waals surface area contributed by atoms with Crippen molar-refractivity contribution in [3.8, 4) is 0 Å². The Balaban J connectivity index is 2.52. The predicted molar refractivity (Wildman–Crippen MR) is 70.0 cm³/mol. The molecule has 1 aliphatic carbocycles. The van der Waals surface area contributed by atoms with Crippen molar-refractivity contribution in [3.05, 3.63) is 0 Å². The fourth-order valence-electron chi connectivity index (χ4n) is 2.76. The van der Waals surface area contributed by atoms with Crippen LogP contribution >= 0.6 is 12.2 Å². The molecule has 0 bridgehead atoms. The zero-order valence-electron chi connectivity index (χ0n) is 10.6. The summed E-state index contributed by atoms with van der Waals surface area (Å²) in [6, 6.07) is 0.554. The first kappa shape index (κ1) is 12.8. The summed E-state index contributed by atoms with van der Waals surface area (Å²) in [5, 5.41) is 4.33. The summed E-state index contributed by atoms with van der Waals surface area (Å²) in [6.07, 6.45) is 3.81. The van der Waals surface area contributed by atoms with Crippen LogP contribution in [0.15, 0.2) is 0 Å². The van der Waals surface area contributed by atoms with Gasteiger partial charge in [-0.15, -0.1) is 0 Å². The lowest BCUT2D eigenvalue weighted by molar-refractivity contribution is 0.160. The zero-order chi connectivity index (χ0) is 11.6. The van der Waals surface area contributed by atoms with Gasteiger partial charge >= 0.3 is 0 Å². The van der Waals surface area contributed by atoms with Crippen molar-refractivity contribution in [2.24, 2.45) is 11.3 Å². The molecule has 0 aromatic heterocycles. The van der Waals surface area contributed by atoms with Crippen LogP contribution in [0.4, 0.5) is 0 Å². The highest BCUT2D eigenvalue weighted by atomic mass is 32.1. The number of nitrogens with one attached hydrogen (secondary N) is 1. The van der Waals surface area contributed by atoms with Gasteiger partial charge in [0, 0.05) is 20.1 Å². The van der Waals surface area contributed by atoms with E-state index in [1.54, 1.807) is 0 Å². The molecule has 88 valence electrons. The van der Waals surface area contributed by atoms with Crippen LogP contribution in [0.1, 0.15) is 40.0 Å². The number of rotatable bonds is 1. The SMILES string of the molecule is C[C@@H]1C[C@H](NC(=S)N(C)C)CC(C)(C)C1. The van der Waals surface area contributed by atoms with Gasteiger partial charge in [0.15, 0.2) is 5.11 Å². The molecule has 0 amide bonds. The van der Waals surface area contributed by atoms with Gasteiger partial charge in [-0.2, -0.15) is 0 Å². The van der Waals surface area contributed by atoms with Crippen molar-refractivity contribution in [2.75, 3.05) is 14.1 Å². The lowest BCUT2D eigenvalue weighted by atomic mass is 9.71. The molecular formula is C12H24N2S. The van der Waals surface area contributed by atoms with Gasteiger partial charge < -0.3 is 10.2 Å². The van der Waals surface area contributed by atoms with Gasteiger partial charge in [0.05, 0.1) is 0 Å². The summed E-state index contributed by atoms with van der Waals surface area (Å²) in [5.41, 5.74) is 0.456. The molecule has 1 fully saturated rings. The van der Waals surface area contributed by atoms with Gasteiger partial charge in [-0.25, -0.2) is 0 Å². The second-order valence-electron chi connectivity index (χ2n) is 5.95. The van der Waals surface area contributed by atoms with Crippen LogP contribution in [0.25, 0.3) is 0 Å². The minimum atomic E-state index is 0.456. The highest BCUT2D eigenvalue weighted by Gasteiger charge is 2.32. The molecule has 0 unspecified atom stereocenters. The first-order valence-electron chi connectivity index (χ1n) is 5.78. The van der Waals surface area contributed by atoms with Crippen LogP contribution in [-0.4, -0.2) is 30.1 Å². The number of nitrogens with zero attached hydrogens (tertiary/aromatic N) is 1. The van der Waals surface area contributed by atoms with Crippen LogP contribution in [0.5, 0.6) is 0 Å². The quantitative estimate of drug-likeness (QED) is 0.695. The molecule has 0 aliphatic heterocycles. The molecule has 0 spiro atoms. The number of hydrogen-bond donors (Lipinski definition) is 1. The van der Waals surface area contributed by atoms with Gasteiger partial charge in [0.1, 0.15) is 0 Å². The van der Waals surface area contributed by atoms with E-state index in [1.165, 1.54) is 19.3 Å². The smallest absolute Gasteiger partial charge is 0.168 e. The van der Waals surface area contributed by atoms with E-state index in [1.807, 2.05) is 19.0 Å². The maximum atomic E-state index is 5.29. The lowest BCUT2D eigenvalue weighted by Crippen LogP contribution is -2.46. The molecule has 3 heteroatoms. The third-order valence-electron chi connectivity index (χ3n) is 3.12. The highest BCUT2D eigenvalue weighted by Crippen LogP contribution is 2.38. The molecule has 2 atom stereocenters. The van der Waals surface area contributed by atoms with Gasteiger partial charge in [0.25, 0.3) is 0 Å². The maximum Gasteiger partial charge on any atom is 0.168 e. The average molecular weight is 228 g/mol. The Labute approximate surface area is 99.4 Å². The van der Waals surface area contributed by atoms with Crippen molar-refractivity contribution < 1.29 is 0 Å². The van der Waals surface area contributed by atoms with Gasteiger partial charge in [-0.3, -0.25) is 0 Å². The molecule has 0 aromatic carbocycles. The number of hydrogen-bond acceptors (Lipinski definition) is 1. The van der Waals surface area contributed by atoms with Crippen molar-refractivity contribution in [3.63, 3.8) is 0 Å². The summed E-state index contributed by atoms with van der Waals surface area (Å²) in [4.78, 5) is 1.97. The molecule has 0 radical (unpaired) electrons. The van der Waals surface area contributed by atoms with E-state index in [2.05, 4.69) is 26.1 Å². The lowest BCUT2D eigenvalue weighted by Gasteiger charge is -2.40. The van der Waals surface area contributed by atoms with Gasteiger partial charge in [-0.1, -0.05) is 20.8 Å². The normalized spacial score (nSPS) is 29.7. The summed E-state index contributed by atoms with van der Waals surface area (Å²) in [6.45, 7) is 7.06. The van der Waals surface area contributed by atoms with E-state index in [0.29, 0.717) is 11.5 Å².